The molecule has 4 bridgehead atoms. The van der Waals surface area contributed by atoms with Crippen molar-refractivity contribution in [3.63, 3.8) is 0 Å². The lowest BCUT2D eigenvalue weighted by Crippen LogP contribution is -2.44. The van der Waals surface area contributed by atoms with Crippen LogP contribution in [-0.2, 0) is 0 Å². The predicted octanol–water partition coefficient (Wildman–Crippen LogP) is 0.955. The molecule has 4 fully saturated rings. The van der Waals surface area contributed by atoms with Crippen LogP contribution in [0.4, 0.5) is 0 Å². The minimum absolute atomic E-state index is 0.432. The van der Waals surface area contributed by atoms with Crippen molar-refractivity contribution in [2.75, 3.05) is 19.7 Å². The van der Waals surface area contributed by atoms with Crippen molar-refractivity contribution in [1.82, 2.24) is 4.90 Å². The maximum Gasteiger partial charge on any atom is 0.0474 e. The van der Waals surface area contributed by atoms with Crippen LogP contribution < -0.4 is 0 Å². The van der Waals surface area contributed by atoms with Crippen LogP contribution in [0.5, 0.6) is 0 Å². The Balaban J connectivity index is 1.68. The van der Waals surface area contributed by atoms with Gasteiger partial charge in [-0.3, -0.25) is 4.90 Å². The van der Waals surface area contributed by atoms with Crippen LogP contribution in [0.3, 0.4) is 0 Å². The fourth-order valence-electron chi connectivity index (χ4n) is 5.25. The SMILES string of the molecule is OCC1CN2CC1C1C3CCC(C3)C12. The Hall–Kier alpha value is -0.0800. The zero-order valence-corrected chi connectivity index (χ0v) is 8.60. The standard InChI is InChI=1S/C12H19NO/c14-6-9-4-13-5-10(9)11-7-1-2-8(3-7)12(11)13/h7-12,14H,1-6H2. The molecule has 1 N–H and O–H groups in total. The van der Waals surface area contributed by atoms with E-state index in [4.69, 9.17) is 0 Å². The summed E-state index contributed by atoms with van der Waals surface area (Å²) >= 11 is 0. The summed E-state index contributed by atoms with van der Waals surface area (Å²) in [6, 6.07) is 0.946. The molecular formula is C12H19NO. The third-order valence-electron chi connectivity index (χ3n) is 5.61. The van der Waals surface area contributed by atoms with Crippen molar-refractivity contribution in [2.24, 2.45) is 29.6 Å². The Morgan fingerprint density at radius 2 is 2.00 bits per heavy atom. The second-order valence-corrected chi connectivity index (χ2v) is 5.96. The van der Waals surface area contributed by atoms with E-state index in [1.165, 1.54) is 32.4 Å². The first-order chi connectivity index (χ1) is 6.88. The van der Waals surface area contributed by atoms with Crippen molar-refractivity contribution in [3.8, 4) is 0 Å². The van der Waals surface area contributed by atoms with E-state index >= 15 is 0 Å². The third-order valence-corrected chi connectivity index (χ3v) is 5.61. The Morgan fingerprint density at radius 3 is 2.86 bits per heavy atom. The van der Waals surface area contributed by atoms with Gasteiger partial charge in [-0.15, -0.1) is 0 Å². The summed E-state index contributed by atoms with van der Waals surface area (Å²) in [4.78, 5) is 2.71. The lowest BCUT2D eigenvalue weighted by atomic mass is 9.73. The topological polar surface area (TPSA) is 23.5 Å². The van der Waals surface area contributed by atoms with Crippen LogP contribution in [0.25, 0.3) is 0 Å². The van der Waals surface area contributed by atoms with Gasteiger partial charge in [-0.05, 0) is 48.9 Å². The maximum absolute atomic E-state index is 9.35. The number of aliphatic hydroxyl groups excluding tert-OH is 1. The van der Waals surface area contributed by atoms with Gasteiger partial charge in [-0.1, -0.05) is 0 Å². The van der Waals surface area contributed by atoms with E-state index in [0.717, 1.165) is 29.7 Å². The van der Waals surface area contributed by atoms with Gasteiger partial charge in [0.05, 0.1) is 0 Å². The first kappa shape index (κ1) is 8.12. The van der Waals surface area contributed by atoms with E-state index in [-0.39, 0.29) is 0 Å². The second-order valence-electron chi connectivity index (χ2n) is 5.96. The number of hydrogen-bond acceptors (Lipinski definition) is 2. The van der Waals surface area contributed by atoms with Gasteiger partial charge in [0.1, 0.15) is 0 Å². The molecule has 0 aromatic carbocycles. The van der Waals surface area contributed by atoms with Crippen LogP contribution in [-0.4, -0.2) is 35.7 Å². The van der Waals surface area contributed by atoms with Crippen LogP contribution >= 0.6 is 0 Å². The lowest BCUT2D eigenvalue weighted by molar-refractivity contribution is 0.0735. The Bertz CT molecular complexity index is 267. The van der Waals surface area contributed by atoms with Gasteiger partial charge >= 0.3 is 0 Å². The van der Waals surface area contributed by atoms with E-state index in [0.29, 0.717) is 12.5 Å². The Morgan fingerprint density at radius 1 is 1.14 bits per heavy atom. The summed E-state index contributed by atoms with van der Waals surface area (Å²) in [7, 11) is 0. The smallest absolute Gasteiger partial charge is 0.0474 e. The number of hydrogen-bond donors (Lipinski definition) is 1. The van der Waals surface area contributed by atoms with Gasteiger partial charge in [-0.25, -0.2) is 0 Å². The minimum Gasteiger partial charge on any atom is -0.396 e. The van der Waals surface area contributed by atoms with Crippen molar-refractivity contribution in [3.05, 3.63) is 0 Å². The summed E-state index contributed by atoms with van der Waals surface area (Å²) in [5, 5.41) is 9.35. The molecule has 7 unspecified atom stereocenters. The molecule has 2 aliphatic heterocycles. The first-order valence-electron chi connectivity index (χ1n) is 6.23. The summed E-state index contributed by atoms with van der Waals surface area (Å²) < 4.78 is 0. The number of rotatable bonds is 1. The molecule has 0 amide bonds. The van der Waals surface area contributed by atoms with Crippen LogP contribution in [0.15, 0.2) is 0 Å². The minimum atomic E-state index is 0.432. The molecule has 4 rings (SSSR count). The lowest BCUT2D eigenvalue weighted by Gasteiger charge is -2.38. The van der Waals surface area contributed by atoms with Gasteiger partial charge < -0.3 is 5.11 Å². The van der Waals surface area contributed by atoms with Gasteiger partial charge in [0, 0.05) is 25.7 Å². The summed E-state index contributed by atoms with van der Waals surface area (Å²) in [6.45, 7) is 2.95. The molecule has 0 aromatic rings. The summed E-state index contributed by atoms with van der Waals surface area (Å²) in [5.41, 5.74) is 0. The average molecular weight is 193 g/mol. The summed E-state index contributed by atoms with van der Waals surface area (Å²) in [6.07, 6.45) is 4.51. The fraction of sp³-hybridized carbons (Fsp3) is 1.00. The van der Waals surface area contributed by atoms with E-state index in [9.17, 15) is 5.11 Å². The first-order valence-corrected chi connectivity index (χ1v) is 6.23. The van der Waals surface area contributed by atoms with Crippen molar-refractivity contribution < 1.29 is 5.11 Å². The summed E-state index contributed by atoms with van der Waals surface area (Å²) in [5.74, 6) is 4.54. The molecule has 7 atom stereocenters. The highest BCUT2D eigenvalue weighted by Gasteiger charge is 2.61. The molecular weight excluding hydrogens is 174 g/mol. The Labute approximate surface area is 85.3 Å². The zero-order valence-electron chi connectivity index (χ0n) is 8.60. The highest BCUT2D eigenvalue weighted by molar-refractivity contribution is 5.12. The highest BCUT2D eigenvalue weighted by Crippen LogP contribution is 2.60. The molecule has 4 aliphatic rings. The number of fused-ring (bicyclic) bond motifs is 9. The van der Waals surface area contributed by atoms with Crippen LogP contribution in [0.1, 0.15) is 19.3 Å². The molecule has 2 saturated heterocycles. The van der Waals surface area contributed by atoms with E-state index < -0.39 is 0 Å². The van der Waals surface area contributed by atoms with E-state index in [1.54, 1.807) is 0 Å². The molecule has 2 heterocycles. The Kier molecular flexibility index (Phi) is 1.47. The third kappa shape index (κ3) is 0.772. The van der Waals surface area contributed by atoms with Gasteiger partial charge in [0.25, 0.3) is 0 Å². The average Bonchev–Trinajstić information content (AvgIpc) is 2.94. The normalized spacial score (nSPS) is 63.6. The largest absolute Gasteiger partial charge is 0.396 e. The van der Waals surface area contributed by atoms with E-state index in [2.05, 4.69) is 4.90 Å². The van der Waals surface area contributed by atoms with Crippen LogP contribution in [0, 0.1) is 29.6 Å². The fourth-order valence-corrected chi connectivity index (χ4v) is 5.25. The van der Waals surface area contributed by atoms with Crippen molar-refractivity contribution >= 4 is 0 Å². The molecule has 0 radical (unpaired) electrons. The van der Waals surface area contributed by atoms with E-state index in [1.807, 2.05) is 0 Å². The quantitative estimate of drug-likeness (QED) is 0.670. The van der Waals surface area contributed by atoms with Crippen LogP contribution in [0.2, 0.25) is 0 Å². The monoisotopic (exact) mass is 193 g/mol. The molecule has 0 aromatic heterocycles. The van der Waals surface area contributed by atoms with Gasteiger partial charge in [0.15, 0.2) is 0 Å². The van der Waals surface area contributed by atoms with Crippen molar-refractivity contribution in [2.45, 2.75) is 25.3 Å². The molecule has 2 aliphatic carbocycles. The molecule has 2 saturated carbocycles. The number of aliphatic hydroxyl groups is 1. The number of piperidine rings is 1. The molecule has 78 valence electrons. The number of nitrogens with zero attached hydrogens (tertiary/aromatic N) is 1. The van der Waals surface area contributed by atoms with Gasteiger partial charge in [0.2, 0.25) is 0 Å². The molecule has 0 spiro atoms. The van der Waals surface area contributed by atoms with Gasteiger partial charge in [-0.2, -0.15) is 0 Å². The highest BCUT2D eigenvalue weighted by atomic mass is 16.3. The second kappa shape index (κ2) is 2.53. The molecule has 2 nitrogen and oxygen atoms in total. The predicted molar refractivity (Wildman–Crippen MR) is 53.7 cm³/mol. The van der Waals surface area contributed by atoms with Crippen molar-refractivity contribution in [1.29, 1.82) is 0 Å². The molecule has 14 heavy (non-hydrogen) atoms. The molecule has 2 heteroatoms. The zero-order chi connectivity index (χ0) is 9.28. The maximum atomic E-state index is 9.35.